The molecule has 1 N–H and O–H groups in total. The van der Waals surface area contributed by atoms with Gasteiger partial charge in [-0.15, -0.1) is 11.3 Å². The molecule has 1 atom stereocenters. The largest absolute Gasteiger partial charge is 0.334 e. The molecular formula is C24H18F2N4O2S. The summed E-state index contributed by atoms with van der Waals surface area (Å²) < 4.78 is 33.1. The Hall–Kier alpha value is -3.85. The molecule has 0 fully saturated rings. The van der Waals surface area contributed by atoms with Crippen LogP contribution in [0.5, 0.6) is 0 Å². The first-order chi connectivity index (χ1) is 15.9. The topological polar surface area (TPSA) is 71.3 Å². The lowest BCUT2D eigenvalue weighted by Crippen LogP contribution is -2.46. The van der Waals surface area contributed by atoms with Crippen molar-refractivity contribution >= 4 is 28.6 Å². The average Bonchev–Trinajstić information content (AvgIpc) is 3.48. The van der Waals surface area contributed by atoms with Crippen LogP contribution in [0.3, 0.4) is 0 Å². The van der Waals surface area contributed by atoms with Crippen LogP contribution < -0.4 is 10.2 Å². The third-order valence-corrected chi connectivity index (χ3v) is 6.32. The molecule has 1 unspecified atom stereocenters. The van der Waals surface area contributed by atoms with Gasteiger partial charge in [0.05, 0.1) is 22.2 Å². The summed E-state index contributed by atoms with van der Waals surface area (Å²) in [6.07, 6.45) is 0. The first-order valence-corrected chi connectivity index (χ1v) is 11.0. The summed E-state index contributed by atoms with van der Waals surface area (Å²) in [5, 5.41) is 8.96. The summed E-state index contributed by atoms with van der Waals surface area (Å²) >= 11 is 1.48. The second-order valence-electron chi connectivity index (χ2n) is 7.63. The number of amides is 2. The van der Waals surface area contributed by atoms with Crippen molar-refractivity contribution in [2.24, 2.45) is 0 Å². The van der Waals surface area contributed by atoms with Crippen molar-refractivity contribution in [1.29, 1.82) is 0 Å². The van der Waals surface area contributed by atoms with Gasteiger partial charge in [-0.1, -0.05) is 41.1 Å². The van der Waals surface area contributed by atoms with Crippen molar-refractivity contribution in [3.8, 4) is 10.7 Å². The summed E-state index contributed by atoms with van der Waals surface area (Å²) in [6, 6.07) is 13.7. The number of hydrogen-bond donors (Lipinski definition) is 1. The van der Waals surface area contributed by atoms with Crippen LogP contribution in [0.1, 0.15) is 30.0 Å². The molecule has 5 rings (SSSR count). The fourth-order valence-corrected chi connectivity index (χ4v) is 4.45. The van der Waals surface area contributed by atoms with Gasteiger partial charge in [-0.2, -0.15) is 4.98 Å². The number of thiophene rings is 1. The van der Waals surface area contributed by atoms with E-state index in [4.69, 9.17) is 4.52 Å². The molecule has 2 aromatic heterocycles. The second kappa shape index (κ2) is 8.25. The number of nitrogens with zero attached hydrogens (tertiary/aromatic N) is 3. The smallest absolute Gasteiger partial charge is 0.327 e. The van der Waals surface area contributed by atoms with Gasteiger partial charge in [0.2, 0.25) is 5.82 Å². The number of rotatable bonds is 4. The fourth-order valence-electron chi connectivity index (χ4n) is 3.80. The number of benzene rings is 2. The number of urea groups is 1. The molecule has 2 aromatic carbocycles. The quantitative estimate of drug-likeness (QED) is 0.397. The number of hydrogen-bond acceptors (Lipinski definition) is 5. The van der Waals surface area contributed by atoms with Crippen LogP contribution in [0.25, 0.3) is 16.3 Å². The highest BCUT2D eigenvalue weighted by Gasteiger charge is 2.36. The normalized spacial score (nSPS) is 16.3. The molecule has 6 nitrogen and oxygen atoms in total. The maximum Gasteiger partial charge on any atom is 0.327 e. The summed E-state index contributed by atoms with van der Waals surface area (Å²) in [4.78, 5) is 19.8. The number of carbonyl (C=O) groups excluding carboxylic acids is 1. The van der Waals surface area contributed by atoms with Crippen LogP contribution in [0.15, 0.2) is 70.2 Å². The average molecular weight is 464 g/mol. The van der Waals surface area contributed by atoms with E-state index in [0.717, 1.165) is 28.1 Å². The van der Waals surface area contributed by atoms with Crippen molar-refractivity contribution in [1.82, 2.24) is 15.5 Å². The molecular weight excluding hydrogens is 446 g/mol. The summed E-state index contributed by atoms with van der Waals surface area (Å²) in [5.41, 5.74) is 3.12. The van der Waals surface area contributed by atoms with E-state index in [0.29, 0.717) is 17.1 Å². The van der Waals surface area contributed by atoms with E-state index in [-0.39, 0.29) is 11.6 Å². The van der Waals surface area contributed by atoms with Gasteiger partial charge in [-0.25, -0.2) is 13.6 Å². The van der Waals surface area contributed by atoms with Crippen molar-refractivity contribution in [3.05, 3.63) is 94.3 Å². The molecule has 3 heterocycles. The van der Waals surface area contributed by atoms with E-state index in [1.54, 1.807) is 6.92 Å². The molecule has 0 bridgehead atoms. The molecule has 9 heteroatoms. The molecule has 1 aliphatic heterocycles. The van der Waals surface area contributed by atoms with E-state index in [1.165, 1.54) is 22.3 Å². The molecule has 4 aromatic rings. The first kappa shape index (κ1) is 21.0. The lowest BCUT2D eigenvalue weighted by Gasteiger charge is -2.35. The fraction of sp³-hybridized carbons (Fsp3) is 0.125. The zero-order chi connectivity index (χ0) is 23.1. The minimum absolute atomic E-state index is 0.182. The number of allylic oxidation sites excluding steroid dienone is 1. The first-order valence-electron chi connectivity index (χ1n) is 10.1. The summed E-state index contributed by atoms with van der Waals surface area (Å²) in [6.45, 7) is 3.69. The highest BCUT2D eigenvalue weighted by molar-refractivity contribution is 7.13. The van der Waals surface area contributed by atoms with Crippen LogP contribution in [0.2, 0.25) is 0 Å². The molecule has 0 saturated carbocycles. The number of halogens is 2. The van der Waals surface area contributed by atoms with Crippen molar-refractivity contribution in [2.75, 3.05) is 4.90 Å². The molecule has 0 radical (unpaired) electrons. The van der Waals surface area contributed by atoms with E-state index in [2.05, 4.69) is 15.5 Å². The third-order valence-electron chi connectivity index (χ3n) is 5.45. The predicted molar refractivity (Wildman–Crippen MR) is 121 cm³/mol. The Bertz CT molecular complexity index is 1360. The van der Waals surface area contributed by atoms with Crippen molar-refractivity contribution < 1.29 is 18.1 Å². The Labute approximate surface area is 192 Å². The van der Waals surface area contributed by atoms with Gasteiger partial charge < -0.3 is 9.84 Å². The predicted octanol–water partition coefficient (Wildman–Crippen LogP) is 6.09. The number of aryl methyl sites for hydroxylation is 1. The standard InChI is InChI=1S/C24H18F2N4O2S/c1-13-5-7-15(8-6-13)21-20(23-28-22(29-32-23)19-4-3-11-33-19)14(2)30(24(31)27-21)16-9-10-17(25)18(26)12-16/h3-12,21H,1-2H3,(H,27,31). The van der Waals surface area contributed by atoms with Gasteiger partial charge in [0.1, 0.15) is 0 Å². The molecule has 0 aliphatic carbocycles. The molecule has 2 amide bonds. The number of aromatic nitrogens is 2. The minimum atomic E-state index is -1.05. The molecule has 0 spiro atoms. The van der Waals surface area contributed by atoms with E-state index >= 15 is 0 Å². The zero-order valence-electron chi connectivity index (χ0n) is 17.7. The number of anilines is 1. The lowest BCUT2D eigenvalue weighted by atomic mass is 9.94. The lowest BCUT2D eigenvalue weighted by molar-refractivity contribution is 0.244. The highest BCUT2D eigenvalue weighted by Crippen LogP contribution is 2.39. The maximum atomic E-state index is 14.0. The van der Waals surface area contributed by atoms with Gasteiger partial charge in [0.25, 0.3) is 5.89 Å². The van der Waals surface area contributed by atoms with Crippen LogP contribution in [-0.2, 0) is 0 Å². The molecule has 166 valence electrons. The molecule has 1 aliphatic rings. The Kier molecular flexibility index (Phi) is 5.26. The maximum absolute atomic E-state index is 14.0. The van der Waals surface area contributed by atoms with E-state index in [9.17, 15) is 13.6 Å². The van der Waals surface area contributed by atoms with Gasteiger partial charge in [0, 0.05) is 11.8 Å². The second-order valence-corrected chi connectivity index (χ2v) is 8.57. The van der Waals surface area contributed by atoms with Gasteiger partial charge in [-0.05, 0) is 43.0 Å². The summed E-state index contributed by atoms with van der Waals surface area (Å²) in [7, 11) is 0. The van der Waals surface area contributed by atoms with Crippen LogP contribution >= 0.6 is 11.3 Å². The number of carbonyl (C=O) groups is 1. The zero-order valence-corrected chi connectivity index (χ0v) is 18.5. The van der Waals surface area contributed by atoms with Crippen LogP contribution in [0, 0.1) is 18.6 Å². The van der Waals surface area contributed by atoms with Crippen LogP contribution in [-0.4, -0.2) is 16.2 Å². The van der Waals surface area contributed by atoms with E-state index < -0.39 is 23.7 Å². The van der Waals surface area contributed by atoms with Gasteiger partial charge in [-0.3, -0.25) is 4.90 Å². The third kappa shape index (κ3) is 3.80. The SMILES string of the molecule is CC1=C(c2nc(-c3cccs3)no2)C(c2ccc(C)cc2)NC(=O)N1c1ccc(F)c(F)c1. The molecule has 33 heavy (non-hydrogen) atoms. The number of nitrogens with one attached hydrogen (secondary N) is 1. The summed E-state index contributed by atoms with van der Waals surface area (Å²) in [5.74, 6) is -1.38. The molecule has 0 saturated heterocycles. The van der Waals surface area contributed by atoms with Gasteiger partial charge >= 0.3 is 6.03 Å². The highest BCUT2D eigenvalue weighted by atomic mass is 32.1. The Morgan fingerprint density at radius 2 is 1.85 bits per heavy atom. The van der Waals surface area contributed by atoms with Crippen molar-refractivity contribution in [3.63, 3.8) is 0 Å². The Morgan fingerprint density at radius 3 is 2.55 bits per heavy atom. The Balaban J connectivity index is 1.67. The Morgan fingerprint density at radius 1 is 1.06 bits per heavy atom. The monoisotopic (exact) mass is 464 g/mol. The van der Waals surface area contributed by atoms with Gasteiger partial charge in [0.15, 0.2) is 11.6 Å². The van der Waals surface area contributed by atoms with Crippen LogP contribution in [0.4, 0.5) is 19.3 Å². The van der Waals surface area contributed by atoms with E-state index in [1.807, 2.05) is 48.7 Å². The van der Waals surface area contributed by atoms with Crippen molar-refractivity contribution in [2.45, 2.75) is 19.9 Å². The minimum Gasteiger partial charge on any atom is -0.334 e.